The first-order valence-corrected chi connectivity index (χ1v) is 7.32. The Hall–Kier alpha value is -1.38. The van der Waals surface area contributed by atoms with Crippen molar-refractivity contribution in [2.75, 3.05) is 13.1 Å². The Morgan fingerprint density at radius 1 is 1.45 bits per heavy atom. The van der Waals surface area contributed by atoms with E-state index in [1.54, 1.807) is 4.90 Å². The van der Waals surface area contributed by atoms with Crippen LogP contribution in [0.15, 0.2) is 23.4 Å². The van der Waals surface area contributed by atoms with Gasteiger partial charge in [0.15, 0.2) is 0 Å². The van der Waals surface area contributed by atoms with Crippen LogP contribution in [-0.2, 0) is 0 Å². The largest absolute Gasteiger partial charge is 0.409 e. The van der Waals surface area contributed by atoms with Gasteiger partial charge in [-0.2, -0.15) is 0 Å². The minimum atomic E-state index is -0.350. The topological polar surface area (TPSA) is 78.9 Å². The summed E-state index contributed by atoms with van der Waals surface area (Å²) in [5.41, 5.74) is 6.08. The molecule has 7 heteroatoms. The molecule has 1 aromatic carbocycles. The fraction of sp³-hybridized carbons (Fsp3) is 0.385. The molecule has 0 unspecified atom stereocenters. The Labute approximate surface area is 129 Å². The summed E-state index contributed by atoms with van der Waals surface area (Å²) >= 11 is 1.96. The normalized spacial score (nSPS) is 17.3. The number of piperidine rings is 1. The van der Waals surface area contributed by atoms with Crippen LogP contribution in [0, 0.1) is 15.3 Å². The molecule has 3 N–H and O–H groups in total. The number of hydrogen-bond acceptors (Lipinski definition) is 3. The average Bonchev–Trinajstić information content (AvgIpc) is 2.46. The second-order valence-electron chi connectivity index (χ2n) is 4.72. The van der Waals surface area contributed by atoms with Gasteiger partial charge in [-0.15, -0.1) is 0 Å². The quantitative estimate of drug-likeness (QED) is 0.266. The minimum absolute atomic E-state index is 0.0105. The molecule has 0 atom stereocenters. The number of amidine groups is 1. The lowest BCUT2D eigenvalue weighted by Gasteiger charge is -2.31. The van der Waals surface area contributed by atoms with E-state index in [1.165, 1.54) is 18.2 Å². The van der Waals surface area contributed by atoms with Crippen LogP contribution < -0.4 is 5.73 Å². The molecule has 1 aliphatic heterocycles. The van der Waals surface area contributed by atoms with Crippen molar-refractivity contribution in [1.82, 2.24) is 4.90 Å². The van der Waals surface area contributed by atoms with E-state index in [0.717, 1.165) is 0 Å². The maximum atomic E-state index is 13.1. The summed E-state index contributed by atoms with van der Waals surface area (Å²) in [7, 11) is 0. The number of halogens is 2. The predicted octanol–water partition coefficient (Wildman–Crippen LogP) is 2.03. The molecule has 1 amide bonds. The van der Waals surface area contributed by atoms with Crippen molar-refractivity contribution < 1.29 is 14.4 Å². The zero-order chi connectivity index (χ0) is 14.7. The minimum Gasteiger partial charge on any atom is -0.409 e. The number of benzene rings is 1. The van der Waals surface area contributed by atoms with E-state index in [4.69, 9.17) is 10.9 Å². The molecule has 2 rings (SSSR count). The van der Waals surface area contributed by atoms with Crippen LogP contribution in [0.25, 0.3) is 0 Å². The van der Waals surface area contributed by atoms with E-state index in [2.05, 4.69) is 5.16 Å². The number of oxime groups is 1. The second-order valence-corrected chi connectivity index (χ2v) is 5.88. The average molecular weight is 391 g/mol. The van der Waals surface area contributed by atoms with Crippen LogP contribution >= 0.6 is 22.6 Å². The molecule has 0 spiro atoms. The Kier molecular flexibility index (Phi) is 4.79. The van der Waals surface area contributed by atoms with Crippen molar-refractivity contribution in [1.29, 1.82) is 0 Å². The molecule has 108 valence electrons. The first kappa shape index (κ1) is 15.0. The molecule has 1 heterocycles. The summed E-state index contributed by atoms with van der Waals surface area (Å²) in [6, 6.07) is 4.14. The van der Waals surface area contributed by atoms with Crippen molar-refractivity contribution in [3.8, 4) is 0 Å². The number of carbonyl (C=O) groups excluding carboxylic acids is 1. The van der Waals surface area contributed by atoms with Crippen molar-refractivity contribution in [3.05, 3.63) is 33.1 Å². The zero-order valence-corrected chi connectivity index (χ0v) is 12.9. The number of amides is 1. The summed E-state index contributed by atoms with van der Waals surface area (Å²) in [5.74, 6) is -0.228. The van der Waals surface area contributed by atoms with Gasteiger partial charge in [0, 0.05) is 22.6 Å². The van der Waals surface area contributed by atoms with Gasteiger partial charge in [0.25, 0.3) is 5.91 Å². The fourth-order valence-electron chi connectivity index (χ4n) is 2.29. The molecule has 0 bridgehead atoms. The van der Waals surface area contributed by atoms with Gasteiger partial charge >= 0.3 is 0 Å². The highest BCUT2D eigenvalue weighted by Crippen LogP contribution is 2.21. The number of hydrogen-bond donors (Lipinski definition) is 2. The van der Waals surface area contributed by atoms with Gasteiger partial charge in [0.05, 0.1) is 5.56 Å². The van der Waals surface area contributed by atoms with Gasteiger partial charge in [-0.05, 0) is 53.6 Å². The highest BCUT2D eigenvalue weighted by Gasteiger charge is 2.26. The molecule has 1 saturated heterocycles. The predicted molar refractivity (Wildman–Crippen MR) is 81.2 cm³/mol. The molecule has 1 fully saturated rings. The third-order valence-electron chi connectivity index (χ3n) is 3.48. The van der Waals surface area contributed by atoms with Gasteiger partial charge in [-0.25, -0.2) is 4.39 Å². The van der Waals surface area contributed by atoms with E-state index in [0.29, 0.717) is 35.1 Å². The Balaban J connectivity index is 2.05. The second kappa shape index (κ2) is 6.38. The number of nitrogens with zero attached hydrogens (tertiary/aromatic N) is 2. The van der Waals surface area contributed by atoms with Gasteiger partial charge in [-0.3, -0.25) is 4.79 Å². The van der Waals surface area contributed by atoms with Crippen molar-refractivity contribution >= 4 is 34.3 Å². The van der Waals surface area contributed by atoms with Crippen LogP contribution in [0.1, 0.15) is 23.2 Å². The molecule has 0 radical (unpaired) electrons. The van der Waals surface area contributed by atoms with Crippen LogP contribution in [0.5, 0.6) is 0 Å². The molecule has 0 saturated carbocycles. The van der Waals surface area contributed by atoms with Gasteiger partial charge in [-0.1, -0.05) is 5.16 Å². The third-order valence-corrected chi connectivity index (χ3v) is 4.37. The summed E-state index contributed by atoms with van der Waals surface area (Å²) in [4.78, 5) is 14.1. The summed E-state index contributed by atoms with van der Waals surface area (Å²) in [5, 5.41) is 11.7. The summed E-state index contributed by atoms with van der Waals surface area (Å²) in [6.45, 7) is 1.10. The van der Waals surface area contributed by atoms with Crippen LogP contribution in [0.3, 0.4) is 0 Å². The lowest BCUT2D eigenvalue weighted by atomic mass is 9.95. The zero-order valence-electron chi connectivity index (χ0n) is 10.7. The fourth-order valence-corrected chi connectivity index (χ4v) is 3.00. The number of nitrogens with two attached hydrogens (primary N) is 1. The van der Waals surface area contributed by atoms with Crippen LogP contribution in [0.4, 0.5) is 4.39 Å². The van der Waals surface area contributed by atoms with E-state index >= 15 is 0 Å². The summed E-state index contributed by atoms with van der Waals surface area (Å²) < 4.78 is 13.7. The third kappa shape index (κ3) is 3.20. The Morgan fingerprint density at radius 3 is 2.65 bits per heavy atom. The molecule has 5 nitrogen and oxygen atoms in total. The Bertz CT molecular complexity index is 542. The number of carbonyl (C=O) groups is 1. The number of rotatable bonds is 2. The van der Waals surface area contributed by atoms with Crippen molar-refractivity contribution in [2.24, 2.45) is 16.8 Å². The van der Waals surface area contributed by atoms with Crippen molar-refractivity contribution in [2.45, 2.75) is 12.8 Å². The molecule has 0 aromatic heterocycles. The highest BCUT2D eigenvalue weighted by atomic mass is 127. The van der Waals surface area contributed by atoms with Crippen molar-refractivity contribution in [3.63, 3.8) is 0 Å². The van der Waals surface area contributed by atoms with Crippen LogP contribution in [-0.4, -0.2) is 34.9 Å². The molecule has 0 aliphatic carbocycles. The molecule has 20 heavy (non-hydrogen) atoms. The van der Waals surface area contributed by atoms with Crippen LogP contribution in [0.2, 0.25) is 0 Å². The maximum absolute atomic E-state index is 13.1. The molecule has 1 aromatic rings. The molecular formula is C13H15FIN3O2. The lowest BCUT2D eigenvalue weighted by molar-refractivity contribution is 0.0708. The van der Waals surface area contributed by atoms with E-state index in [9.17, 15) is 9.18 Å². The first-order valence-electron chi connectivity index (χ1n) is 6.24. The maximum Gasteiger partial charge on any atom is 0.254 e. The van der Waals surface area contributed by atoms with E-state index < -0.39 is 0 Å². The molecule has 1 aliphatic rings. The summed E-state index contributed by atoms with van der Waals surface area (Å²) in [6.07, 6.45) is 1.33. The first-order chi connectivity index (χ1) is 9.52. The SMILES string of the molecule is N/C(=N/O)C1CCN(C(=O)c2ccc(F)cc2I)CC1. The van der Waals surface area contributed by atoms with E-state index in [-0.39, 0.29) is 23.5 Å². The monoisotopic (exact) mass is 391 g/mol. The Morgan fingerprint density at radius 2 is 2.10 bits per heavy atom. The van der Waals surface area contributed by atoms with Gasteiger partial charge in [0.1, 0.15) is 11.7 Å². The standard InChI is InChI=1S/C13H15FIN3O2/c14-9-1-2-10(11(15)7-9)13(19)18-5-3-8(4-6-18)12(16)17-20/h1-2,7-8,20H,3-6H2,(H2,16,17). The van der Waals surface area contributed by atoms with Gasteiger partial charge < -0.3 is 15.8 Å². The highest BCUT2D eigenvalue weighted by molar-refractivity contribution is 14.1. The lowest BCUT2D eigenvalue weighted by Crippen LogP contribution is -2.42. The molecular weight excluding hydrogens is 376 g/mol. The smallest absolute Gasteiger partial charge is 0.254 e. The van der Waals surface area contributed by atoms with Gasteiger partial charge in [0.2, 0.25) is 0 Å². The number of likely N-dealkylation sites (tertiary alicyclic amines) is 1. The van der Waals surface area contributed by atoms with E-state index in [1.807, 2.05) is 22.6 Å².